The number of hydrogen-bond donors (Lipinski definition) is 1. The van der Waals surface area contributed by atoms with Crippen LogP contribution in [0.25, 0.3) is 0 Å². The summed E-state index contributed by atoms with van der Waals surface area (Å²) in [5.41, 5.74) is 0. The van der Waals surface area contributed by atoms with Gasteiger partial charge >= 0.3 is 0 Å². The molecule has 1 N–H and O–H groups in total. The molecule has 0 unspecified atom stereocenters. The van der Waals surface area contributed by atoms with E-state index in [9.17, 15) is 0 Å². The minimum Gasteiger partial charge on any atom is -0.383 e. The van der Waals surface area contributed by atoms with Crippen LogP contribution in [0.5, 0.6) is 0 Å². The molecular weight excluding hydrogens is 262 g/mol. The van der Waals surface area contributed by atoms with Gasteiger partial charge in [0.05, 0.1) is 13.2 Å². The van der Waals surface area contributed by atoms with Gasteiger partial charge in [0.1, 0.15) is 0 Å². The molecule has 0 bridgehead atoms. The molecule has 19 heavy (non-hydrogen) atoms. The summed E-state index contributed by atoms with van der Waals surface area (Å²) in [6, 6.07) is 0.489. The van der Waals surface area contributed by atoms with Gasteiger partial charge in [0.2, 0.25) is 0 Å². The Bertz CT molecular complexity index is 336. The summed E-state index contributed by atoms with van der Waals surface area (Å²) in [5, 5.41) is 4.44. The molecule has 1 aromatic rings. The second-order valence-corrected chi connectivity index (χ2v) is 5.71. The highest BCUT2D eigenvalue weighted by molar-refractivity contribution is 7.15. The lowest BCUT2D eigenvalue weighted by atomic mass is 10.4. The van der Waals surface area contributed by atoms with E-state index in [-0.39, 0.29) is 0 Å². The molecule has 0 aliphatic carbocycles. The average Bonchev–Trinajstić information content (AvgIpc) is 2.85. The van der Waals surface area contributed by atoms with E-state index in [4.69, 9.17) is 9.47 Å². The molecule has 110 valence electrons. The lowest BCUT2D eigenvalue weighted by Gasteiger charge is -2.20. The van der Waals surface area contributed by atoms with Crippen LogP contribution in [0.2, 0.25) is 0 Å². The van der Waals surface area contributed by atoms with Crippen LogP contribution in [0.15, 0.2) is 6.20 Å². The summed E-state index contributed by atoms with van der Waals surface area (Å²) in [4.78, 5) is 7.95. The normalized spacial score (nSPS) is 11.2. The third-order valence-electron chi connectivity index (χ3n) is 2.63. The Hall–Kier alpha value is -0.690. The number of aromatic nitrogens is 1. The van der Waals surface area contributed by atoms with E-state index in [2.05, 4.69) is 29.0 Å². The maximum atomic E-state index is 5.14. The summed E-state index contributed by atoms with van der Waals surface area (Å²) in [6.07, 6.45) is 1.95. The molecule has 0 atom stereocenters. The summed E-state index contributed by atoms with van der Waals surface area (Å²) in [7, 11) is 3.43. The third-order valence-corrected chi connectivity index (χ3v) is 3.69. The number of thiazole rings is 1. The van der Waals surface area contributed by atoms with Crippen molar-refractivity contribution in [1.29, 1.82) is 0 Å². The number of hydrogen-bond acceptors (Lipinski definition) is 6. The van der Waals surface area contributed by atoms with Crippen molar-refractivity contribution in [2.45, 2.75) is 26.4 Å². The monoisotopic (exact) mass is 287 g/mol. The Balaban J connectivity index is 2.56. The fourth-order valence-electron chi connectivity index (χ4n) is 1.54. The van der Waals surface area contributed by atoms with Gasteiger partial charge in [-0.1, -0.05) is 13.8 Å². The van der Waals surface area contributed by atoms with Crippen molar-refractivity contribution < 1.29 is 9.47 Å². The zero-order chi connectivity index (χ0) is 14.1. The Labute approximate surface area is 119 Å². The lowest BCUT2D eigenvalue weighted by Crippen LogP contribution is -2.30. The van der Waals surface area contributed by atoms with Gasteiger partial charge in [0, 0.05) is 51.0 Å². The maximum Gasteiger partial charge on any atom is 0.185 e. The van der Waals surface area contributed by atoms with Gasteiger partial charge in [0.25, 0.3) is 0 Å². The first kappa shape index (κ1) is 16.4. The lowest BCUT2D eigenvalue weighted by molar-refractivity contribution is 0.190. The topological polar surface area (TPSA) is 46.6 Å². The fourth-order valence-corrected chi connectivity index (χ4v) is 2.45. The van der Waals surface area contributed by atoms with Crippen LogP contribution < -0.4 is 10.2 Å². The molecule has 0 aliphatic heterocycles. The Morgan fingerprint density at radius 1 is 1.26 bits per heavy atom. The standard InChI is InChI=1S/C13H25N3O2S/c1-11(2)14-9-12-10-15-13(19-12)16(5-7-17-3)6-8-18-4/h10-11,14H,5-9H2,1-4H3. The van der Waals surface area contributed by atoms with Gasteiger partial charge in [-0.25, -0.2) is 4.98 Å². The zero-order valence-electron chi connectivity index (χ0n) is 12.3. The summed E-state index contributed by atoms with van der Waals surface area (Å²) in [6.45, 7) is 8.23. The van der Waals surface area contributed by atoms with Crippen LogP contribution in [0.1, 0.15) is 18.7 Å². The molecule has 0 saturated heterocycles. The van der Waals surface area contributed by atoms with Crippen LogP contribution in [0, 0.1) is 0 Å². The first-order valence-corrected chi connectivity index (χ1v) is 7.40. The van der Waals surface area contributed by atoms with Crippen LogP contribution in [-0.4, -0.2) is 51.5 Å². The average molecular weight is 287 g/mol. The van der Waals surface area contributed by atoms with Gasteiger partial charge in [-0.15, -0.1) is 11.3 Å². The molecule has 0 fully saturated rings. The largest absolute Gasteiger partial charge is 0.383 e. The summed E-state index contributed by atoms with van der Waals surface area (Å²) >= 11 is 1.73. The maximum absolute atomic E-state index is 5.14. The van der Waals surface area contributed by atoms with Gasteiger partial charge in [-0.05, 0) is 0 Å². The predicted molar refractivity (Wildman–Crippen MR) is 80.1 cm³/mol. The first-order valence-electron chi connectivity index (χ1n) is 6.58. The smallest absolute Gasteiger partial charge is 0.185 e. The van der Waals surface area contributed by atoms with Crippen molar-refractivity contribution >= 4 is 16.5 Å². The summed E-state index contributed by atoms with van der Waals surface area (Å²) in [5.74, 6) is 0. The minimum atomic E-state index is 0.489. The van der Waals surface area contributed by atoms with Crippen molar-refractivity contribution in [3.8, 4) is 0 Å². The van der Waals surface area contributed by atoms with Gasteiger partial charge in [0.15, 0.2) is 5.13 Å². The molecule has 0 radical (unpaired) electrons. The Morgan fingerprint density at radius 3 is 2.42 bits per heavy atom. The van der Waals surface area contributed by atoms with Gasteiger partial charge in [-0.3, -0.25) is 0 Å². The molecular formula is C13H25N3O2S. The highest BCUT2D eigenvalue weighted by atomic mass is 32.1. The van der Waals surface area contributed by atoms with Crippen molar-refractivity contribution in [3.05, 3.63) is 11.1 Å². The third kappa shape index (κ3) is 6.33. The van der Waals surface area contributed by atoms with Crippen molar-refractivity contribution in [3.63, 3.8) is 0 Å². The molecule has 1 aromatic heterocycles. The quantitative estimate of drug-likeness (QED) is 0.710. The number of methoxy groups -OCH3 is 2. The fraction of sp³-hybridized carbons (Fsp3) is 0.769. The molecule has 0 spiro atoms. The molecule has 1 heterocycles. The molecule has 0 aliphatic rings. The Kier molecular flexibility index (Phi) is 7.97. The highest BCUT2D eigenvalue weighted by Gasteiger charge is 2.11. The van der Waals surface area contributed by atoms with Gasteiger partial charge in [-0.2, -0.15) is 0 Å². The van der Waals surface area contributed by atoms with E-state index in [1.54, 1.807) is 25.6 Å². The van der Waals surface area contributed by atoms with E-state index in [1.807, 2.05) is 6.20 Å². The number of nitrogens with zero attached hydrogens (tertiary/aromatic N) is 2. The SMILES string of the molecule is COCCN(CCOC)c1ncc(CNC(C)C)s1. The zero-order valence-corrected chi connectivity index (χ0v) is 13.1. The number of anilines is 1. The van der Waals surface area contributed by atoms with Crippen LogP contribution >= 0.6 is 11.3 Å². The first-order chi connectivity index (χ1) is 9.17. The second kappa shape index (κ2) is 9.25. The van der Waals surface area contributed by atoms with Crippen LogP contribution in [0.3, 0.4) is 0 Å². The van der Waals surface area contributed by atoms with Crippen LogP contribution in [-0.2, 0) is 16.0 Å². The molecule has 1 rings (SSSR count). The van der Waals surface area contributed by atoms with E-state index in [1.165, 1.54) is 4.88 Å². The highest BCUT2D eigenvalue weighted by Crippen LogP contribution is 2.22. The number of ether oxygens (including phenoxy) is 2. The number of rotatable bonds is 10. The molecule has 0 amide bonds. The van der Waals surface area contributed by atoms with E-state index >= 15 is 0 Å². The minimum absolute atomic E-state index is 0.489. The van der Waals surface area contributed by atoms with Gasteiger partial charge < -0.3 is 19.7 Å². The van der Waals surface area contributed by atoms with Crippen molar-refractivity contribution in [1.82, 2.24) is 10.3 Å². The predicted octanol–water partition coefficient (Wildman–Crippen LogP) is 1.74. The molecule has 0 saturated carbocycles. The van der Waals surface area contributed by atoms with Crippen molar-refractivity contribution in [2.75, 3.05) is 45.4 Å². The van der Waals surface area contributed by atoms with E-state index < -0.39 is 0 Å². The molecule has 5 nitrogen and oxygen atoms in total. The number of nitrogens with one attached hydrogen (secondary N) is 1. The van der Waals surface area contributed by atoms with Crippen LogP contribution in [0.4, 0.5) is 5.13 Å². The van der Waals surface area contributed by atoms with Crippen molar-refractivity contribution in [2.24, 2.45) is 0 Å². The summed E-state index contributed by atoms with van der Waals surface area (Å²) < 4.78 is 10.3. The Morgan fingerprint density at radius 2 is 1.89 bits per heavy atom. The van der Waals surface area contributed by atoms with E-state index in [0.29, 0.717) is 19.3 Å². The molecule has 6 heteroatoms. The molecule has 0 aromatic carbocycles. The van der Waals surface area contributed by atoms with E-state index in [0.717, 1.165) is 24.8 Å². The second-order valence-electron chi connectivity index (χ2n) is 4.62.